The molecular formula is C28H27N5O. The number of aromatic nitrogens is 3. The Hall–Kier alpha value is -3.93. The molecule has 0 spiro atoms. The van der Waals surface area contributed by atoms with Gasteiger partial charge < -0.3 is 14.8 Å². The van der Waals surface area contributed by atoms with Crippen LogP contribution in [0.15, 0.2) is 79.1 Å². The zero-order chi connectivity index (χ0) is 22.9. The van der Waals surface area contributed by atoms with Crippen LogP contribution in [0.25, 0.3) is 11.3 Å². The zero-order valence-corrected chi connectivity index (χ0v) is 19.0. The number of carbonyl (C=O) groups is 1. The zero-order valence-electron chi connectivity index (χ0n) is 19.0. The Kier molecular flexibility index (Phi) is 5.34. The van der Waals surface area contributed by atoms with E-state index in [0.717, 1.165) is 67.5 Å². The number of hydrogen-bond acceptors (Lipinski definition) is 4. The lowest BCUT2D eigenvalue weighted by molar-refractivity contribution is 0.0989. The Labute approximate surface area is 199 Å². The number of para-hydroxylation sites is 1. The number of carbonyl (C=O) groups excluding carboxylic acids is 1. The largest absolute Gasteiger partial charge is 0.356 e. The van der Waals surface area contributed by atoms with Crippen molar-refractivity contribution in [1.82, 2.24) is 15.0 Å². The van der Waals surface area contributed by atoms with Crippen molar-refractivity contribution < 1.29 is 4.79 Å². The summed E-state index contributed by atoms with van der Waals surface area (Å²) < 4.78 is 0. The minimum atomic E-state index is 0.0181. The molecule has 2 aliphatic rings. The van der Waals surface area contributed by atoms with Crippen LogP contribution in [-0.2, 0) is 6.42 Å². The molecule has 6 nitrogen and oxygen atoms in total. The molecule has 2 aromatic heterocycles. The maximum absolute atomic E-state index is 13.1. The number of piperidine rings is 1. The first-order valence-electron chi connectivity index (χ1n) is 12.0. The number of fused-ring (bicyclic) bond motifs is 1. The predicted octanol–water partition coefficient (Wildman–Crippen LogP) is 5.06. The maximum Gasteiger partial charge on any atom is 0.259 e. The fourth-order valence-corrected chi connectivity index (χ4v) is 5.12. The van der Waals surface area contributed by atoms with Crippen LogP contribution >= 0.6 is 0 Å². The van der Waals surface area contributed by atoms with E-state index in [0.29, 0.717) is 11.5 Å². The summed E-state index contributed by atoms with van der Waals surface area (Å²) in [6.07, 6.45) is 6.74. The molecule has 0 saturated carbocycles. The molecule has 0 bridgehead atoms. The van der Waals surface area contributed by atoms with Crippen LogP contribution in [0.4, 0.5) is 11.5 Å². The van der Waals surface area contributed by atoms with Gasteiger partial charge >= 0.3 is 0 Å². The van der Waals surface area contributed by atoms with Crippen molar-refractivity contribution in [2.45, 2.75) is 25.2 Å². The summed E-state index contributed by atoms with van der Waals surface area (Å²) in [6.45, 7) is 2.55. The number of hydrogen-bond donors (Lipinski definition) is 1. The van der Waals surface area contributed by atoms with Crippen LogP contribution in [0.1, 0.15) is 40.5 Å². The average Bonchev–Trinajstić information content (AvgIpc) is 3.57. The molecular weight excluding hydrogens is 422 g/mol. The van der Waals surface area contributed by atoms with Crippen LogP contribution in [0, 0.1) is 0 Å². The van der Waals surface area contributed by atoms with Gasteiger partial charge in [-0.05, 0) is 48.6 Å². The summed E-state index contributed by atoms with van der Waals surface area (Å²) in [4.78, 5) is 30.2. The van der Waals surface area contributed by atoms with E-state index in [1.165, 1.54) is 5.56 Å². The van der Waals surface area contributed by atoms with Gasteiger partial charge in [-0.1, -0.05) is 48.5 Å². The molecule has 1 saturated heterocycles. The topological polar surface area (TPSA) is 65.1 Å². The number of benzene rings is 2. The van der Waals surface area contributed by atoms with E-state index in [2.05, 4.69) is 33.1 Å². The Balaban J connectivity index is 1.15. The fraction of sp³-hybridized carbons (Fsp3) is 0.250. The highest BCUT2D eigenvalue weighted by atomic mass is 16.2. The molecule has 170 valence electrons. The van der Waals surface area contributed by atoms with Gasteiger partial charge in [-0.15, -0.1) is 0 Å². The molecule has 4 aromatic rings. The van der Waals surface area contributed by atoms with E-state index in [9.17, 15) is 4.79 Å². The van der Waals surface area contributed by atoms with Gasteiger partial charge in [-0.2, -0.15) is 0 Å². The smallest absolute Gasteiger partial charge is 0.259 e. The summed E-state index contributed by atoms with van der Waals surface area (Å²) in [6, 6.07) is 22.3. The summed E-state index contributed by atoms with van der Waals surface area (Å²) in [5.41, 5.74) is 5.08. The summed E-state index contributed by atoms with van der Waals surface area (Å²) >= 11 is 0. The molecule has 2 aliphatic heterocycles. The van der Waals surface area contributed by atoms with E-state index in [4.69, 9.17) is 4.98 Å². The van der Waals surface area contributed by atoms with E-state index in [-0.39, 0.29) is 5.91 Å². The first-order valence-corrected chi connectivity index (χ1v) is 12.0. The minimum absolute atomic E-state index is 0.0181. The summed E-state index contributed by atoms with van der Waals surface area (Å²) in [5, 5.41) is 0. The van der Waals surface area contributed by atoms with Crippen molar-refractivity contribution in [1.29, 1.82) is 0 Å². The highest BCUT2D eigenvalue weighted by molar-refractivity contribution is 6.07. The number of H-pyrrole nitrogens is 1. The van der Waals surface area contributed by atoms with Gasteiger partial charge in [-0.3, -0.25) is 4.79 Å². The predicted molar refractivity (Wildman–Crippen MR) is 134 cm³/mol. The molecule has 2 aromatic carbocycles. The lowest BCUT2D eigenvalue weighted by Gasteiger charge is -2.32. The second kappa shape index (κ2) is 8.78. The number of imidazole rings is 1. The van der Waals surface area contributed by atoms with E-state index in [1.807, 2.05) is 59.6 Å². The van der Waals surface area contributed by atoms with Crippen LogP contribution in [0.3, 0.4) is 0 Å². The van der Waals surface area contributed by atoms with E-state index in [1.54, 1.807) is 6.20 Å². The Morgan fingerprint density at radius 2 is 1.76 bits per heavy atom. The normalized spacial score (nSPS) is 17.6. The van der Waals surface area contributed by atoms with Gasteiger partial charge in [0.25, 0.3) is 5.91 Å². The molecule has 1 atom stereocenters. The van der Waals surface area contributed by atoms with Crippen molar-refractivity contribution in [3.8, 4) is 11.3 Å². The van der Waals surface area contributed by atoms with Crippen LogP contribution in [0.5, 0.6) is 0 Å². The van der Waals surface area contributed by atoms with E-state index >= 15 is 0 Å². The molecule has 4 heterocycles. The van der Waals surface area contributed by atoms with Crippen LogP contribution in [0.2, 0.25) is 0 Å². The quantitative estimate of drug-likeness (QED) is 0.473. The van der Waals surface area contributed by atoms with Crippen molar-refractivity contribution >= 4 is 17.4 Å². The molecule has 1 amide bonds. The Bertz CT molecular complexity index is 1300. The van der Waals surface area contributed by atoms with Crippen molar-refractivity contribution in [2.75, 3.05) is 29.4 Å². The number of amides is 1. The summed E-state index contributed by atoms with van der Waals surface area (Å²) in [7, 11) is 0. The highest BCUT2D eigenvalue weighted by Crippen LogP contribution is 2.31. The van der Waals surface area contributed by atoms with Gasteiger partial charge in [0.15, 0.2) is 0 Å². The molecule has 34 heavy (non-hydrogen) atoms. The molecule has 6 rings (SSSR count). The maximum atomic E-state index is 13.1. The lowest BCUT2D eigenvalue weighted by atomic mass is 9.97. The third-order valence-electron chi connectivity index (χ3n) is 6.94. The van der Waals surface area contributed by atoms with Crippen molar-refractivity contribution in [3.63, 3.8) is 0 Å². The molecule has 6 heteroatoms. The molecule has 1 fully saturated rings. The van der Waals surface area contributed by atoms with Crippen molar-refractivity contribution in [2.24, 2.45) is 0 Å². The highest BCUT2D eigenvalue weighted by Gasteiger charge is 2.27. The second-order valence-corrected chi connectivity index (χ2v) is 9.07. The Morgan fingerprint density at radius 1 is 0.912 bits per heavy atom. The monoisotopic (exact) mass is 449 g/mol. The summed E-state index contributed by atoms with van der Waals surface area (Å²) in [5.74, 6) is 2.29. The van der Waals surface area contributed by atoms with Crippen LogP contribution in [-0.4, -0.2) is 40.5 Å². The Morgan fingerprint density at radius 3 is 2.62 bits per heavy atom. The second-order valence-electron chi connectivity index (χ2n) is 9.07. The number of rotatable bonds is 4. The van der Waals surface area contributed by atoms with Crippen molar-refractivity contribution in [3.05, 3.63) is 96.1 Å². The van der Waals surface area contributed by atoms with E-state index < -0.39 is 0 Å². The first kappa shape index (κ1) is 20.7. The molecule has 1 unspecified atom stereocenters. The number of nitrogens with one attached hydrogen (secondary N) is 1. The van der Waals surface area contributed by atoms with Gasteiger partial charge in [-0.25, -0.2) is 9.97 Å². The number of anilines is 2. The molecule has 0 aliphatic carbocycles. The number of aromatic amines is 1. The van der Waals surface area contributed by atoms with Gasteiger partial charge in [0.2, 0.25) is 0 Å². The molecule has 0 radical (unpaired) electrons. The number of pyridine rings is 1. The standard InChI is InChI=1S/C28H27N5O/c34-28(33-16-14-21-9-4-5-11-25(21)33)22-12-13-26(29-17-22)32-15-6-10-23(19-32)27-30-18-24(31-27)20-7-2-1-3-8-20/h1-5,7-9,11-13,17-18,23H,6,10,14-16,19H2,(H,30,31). The SMILES string of the molecule is O=C(c1ccc(N2CCCC(c3ncc(-c4ccccc4)[nH]3)C2)nc1)N1CCc2ccccc21. The first-order chi connectivity index (χ1) is 16.8. The van der Waals surface area contributed by atoms with Crippen LogP contribution < -0.4 is 9.80 Å². The van der Waals surface area contributed by atoms with Gasteiger partial charge in [0.1, 0.15) is 11.6 Å². The molecule has 1 N–H and O–H groups in total. The lowest BCUT2D eigenvalue weighted by Crippen LogP contribution is -2.35. The average molecular weight is 450 g/mol. The van der Waals surface area contributed by atoms with Gasteiger partial charge in [0.05, 0.1) is 17.5 Å². The minimum Gasteiger partial charge on any atom is -0.356 e. The third-order valence-corrected chi connectivity index (χ3v) is 6.94. The number of nitrogens with zero attached hydrogens (tertiary/aromatic N) is 4. The third kappa shape index (κ3) is 3.85. The van der Waals surface area contributed by atoms with Gasteiger partial charge in [0, 0.05) is 37.4 Å². The fourth-order valence-electron chi connectivity index (χ4n) is 5.12.